The molecule has 0 fully saturated rings. The van der Waals surface area contributed by atoms with Crippen molar-refractivity contribution in [2.75, 3.05) is 25.5 Å². The van der Waals surface area contributed by atoms with Gasteiger partial charge in [0.1, 0.15) is 17.0 Å². The highest BCUT2D eigenvalue weighted by Gasteiger charge is 2.25. The van der Waals surface area contributed by atoms with Gasteiger partial charge in [-0.3, -0.25) is 4.79 Å². The lowest BCUT2D eigenvalue weighted by molar-refractivity contribution is -0.126. The first-order valence-electron chi connectivity index (χ1n) is 10.5. The van der Waals surface area contributed by atoms with Gasteiger partial charge >= 0.3 is 0 Å². The first-order chi connectivity index (χ1) is 15.3. The van der Waals surface area contributed by atoms with Gasteiger partial charge in [-0.1, -0.05) is 29.3 Å². The van der Waals surface area contributed by atoms with Crippen molar-refractivity contribution in [3.8, 4) is 0 Å². The van der Waals surface area contributed by atoms with E-state index in [2.05, 4.69) is 34.0 Å². The maximum Gasteiger partial charge on any atom is 0.246 e. The second kappa shape index (κ2) is 9.75. The molecule has 0 atom stereocenters. The summed E-state index contributed by atoms with van der Waals surface area (Å²) in [6.07, 6.45) is 5.99. The molecule has 0 bridgehead atoms. The Morgan fingerprint density at radius 2 is 2.12 bits per heavy atom. The summed E-state index contributed by atoms with van der Waals surface area (Å²) in [6.45, 7) is 6.26. The predicted octanol–water partition coefficient (Wildman–Crippen LogP) is 5.52. The number of amides is 1. The molecule has 0 saturated carbocycles. The molecule has 1 N–H and O–H groups in total. The Morgan fingerprint density at radius 1 is 1.31 bits per heavy atom. The van der Waals surface area contributed by atoms with Gasteiger partial charge in [-0.15, -0.1) is 11.3 Å². The van der Waals surface area contributed by atoms with Crippen molar-refractivity contribution in [1.29, 1.82) is 0 Å². The summed E-state index contributed by atoms with van der Waals surface area (Å²) in [6, 6.07) is 5.81. The smallest absolute Gasteiger partial charge is 0.246 e. The number of carbonyl (C=O) groups is 1. The molecule has 1 aliphatic rings. The molecule has 3 heterocycles. The normalized spacial score (nSPS) is 14.0. The van der Waals surface area contributed by atoms with E-state index in [1.807, 2.05) is 24.1 Å². The van der Waals surface area contributed by atoms with Crippen molar-refractivity contribution >= 4 is 62.2 Å². The van der Waals surface area contributed by atoms with E-state index >= 15 is 0 Å². The van der Waals surface area contributed by atoms with E-state index in [0.29, 0.717) is 35.0 Å². The number of anilines is 2. The zero-order chi connectivity index (χ0) is 22.8. The van der Waals surface area contributed by atoms with E-state index in [1.165, 1.54) is 4.88 Å². The quantitative estimate of drug-likeness (QED) is 0.461. The number of benzene rings is 1. The summed E-state index contributed by atoms with van der Waals surface area (Å²) >= 11 is 13.9. The van der Waals surface area contributed by atoms with Gasteiger partial charge in [0.25, 0.3) is 0 Å². The number of likely N-dealkylation sites (N-methyl/N-ethyl adjacent to an activating group) is 1. The minimum Gasteiger partial charge on any atom is -0.340 e. The number of nitrogens with zero attached hydrogens (tertiary/aromatic N) is 4. The highest BCUT2D eigenvalue weighted by molar-refractivity contribution is 7.19. The topological polar surface area (TPSA) is 61.4 Å². The Balaban J connectivity index is 1.57. The number of fused-ring (bicyclic) bond motifs is 3. The molecule has 0 saturated heterocycles. The fraction of sp³-hybridized carbons (Fsp3) is 0.348. The van der Waals surface area contributed by atoms with Crippen LogP contribution in [0.3, 0.4) is 0 Å². The SMILES string of the molecule is CC(C)N(C)CC=CC(=O)N1CCc2sc3ncnc(Nc4ccc(Cl)c(Cl)c4)c3c2C1. The lowest BCUT2D eigenvalue weighted by atomic mass is 10.1. The van der Waals surface area contributed by atoms with Crippen LogP contribution in [-0.2, 0) is 17.8 Å². The van der Waals surface area contributed by atoms with Crippen molar-refractivity contribution in [3.05, 3.63) is 57.2 Å². The lowest BCUT2D eigenvalue weighted by Crippen LogP contribution is -2.34. The summed E-state index contributed by atoms with van der Waals surface area (Å²) in [5.74, 6) is 0.734. The standard InChI is InChI=1S/C23H25Cl2N5OS/c1-14(2)29(3)9-4-5-20(31)30-10-8-19-16(12-30)21-22(26-13-27-23(21)32-19)28-15-6-7-17(24)18(25)11-15/h4-7,11,13-14H,8-10,12H2,1-3H3,(H,26,27,28). The van der Waals surface area contributed by atoms with E-state index in [0.717, 1.165) is 34.4 Å². The highest BCUT2D eigenvalue weighted by atomic mass is 35.5. The second-order valence-corrected chi connectivity index (χ2v) is 10.0. The fourth-order valence-corrected chi connectivity index (χ4v) is 4.98. The lowest BCUT2D eigenvalue weighted by Gasteiger charge is -2.26. The van der Waals surface area contributed by atoms with Crippen molar-refractivity contribution in [2.45, 2.75) is 32.9 Å². The molecule has 4 rings (SSSR count). The van der Waals surface area contributed by atoms with Crippen molar-refractivity contribution in [3.63, 3.8) is 0 Å². The monoisotopic (exact) mass is 489 g/mol. The van der Waals surface area contributed by atoms with Crippen LogP contribution in [0.2, 0.25) is 10.0 Å². The van der Waals surface area contributed by atoms with Gasteiger partial charge in [-0.2, -0.15) is 0 Å². The van der Waals surface area contributed by atoms with Gasteiger partial charge in [0, 0.05) is 42.3 Å². The molecule has 1 aliphatic heterocycles. The zero-order valence-corrected chi connectivity index (χ0v) is 20.6. The largest absolute Gasteiger partial charge is 0.340 e. The van der Waals surface area contributed by atoms with Gasteiger partial charge in [0.15, 0.2) is 0 Å². The van der Waals surface area contributed by atoms with Crippen LogP contribution in [-0.4, -0.2) is 51.9 Å². The van der Waals surface area contributed by atoms with Gasteiger partial charge in [0.05, 0.1) is 15.4 Å². The average molecular weight is 490 g/mol. The first kappa shape index (κ1) is 23.0. The van der Waals surface area contributed by atoms with Crippen molar-refractivity contribution in [2.24, 2.45) is 0 Å². The molecule has 0 radical (unpaired) electrons. The Hall–Kier alpha value is -2.19. The molecule has 3 aromatic rings. The van der Waals surface area contributed by atoms with E-state index < -0.39 is 0 Å². The van der Waals surface area contributed by atoms with Crippen LogP contribution < -0.4 is 5.32 Å². The Kier molecular flexibility index (Phi) is 7.00. The molecular formula is C23H25Cl2N5OS. The number of nitrogens with one attached hydrogen (secondary N) is 1. The number of thiophene rings is 1. The van der Waals surface area contributed by atoms with E-state index in [1.54, 1.807) is 35.9 Å². The molecule has 9 heteroatoms. The van der Waals surface area contributed by atoms with Gasteiger partial charge in [0.2, 0.25) is 5.91 Å². The summed E-state index contributed by atoms with van der Waals surface area (Å²) < 4.78 is 0. The predicted molar refractivity (Wildman–Crippen MR) is 133 cm³/mol. The van der Waals surface area contributed by atoms with Gasteiger partial charge in [-0.05, 0) is 51.1 Å². The molecule has 2 aromatic heterocycles. The van der Waals surface area contributed by atoms with Crippen molar-refractivity contribution in [1.82, 2.24) is 19.8 Å². The van der Waals surface area contributed by atoms with Crippen LogP contribution >= 0.6 is 34.5 Å². The van der Waals surface area contributed by atoms with Gasteiger partial charge in [-0.25, -0.2) is 9.97 Å². The summed E-state index contributed by atoms with van der Waals surface area (Å²) in [4.78, 5) is 28.0. The maximum atomic E-state index is 12.8. The fourth-order valence-electron chi connectivity index (χ4n) is 3.54. The summed E-state index contributed by atoms with van der Waals surface area (Å²) in [7, 11) is 2.05. The molecule has 1 aromatic carbocycles. The number of carbonyl (C=O) groups excluding carboxylic acids is 1. The van der Waals surface area contributed by atoms with Crippen LogP contribution in [0.1, 0.15) is 24.3 Å². The average Bonchev–Trinajstić information content (AvgIpc) is 3.14. The third-order valence-corrected chi connectivity index (χ3v) is 7.60. The Labute approximate surface area is 201 Å². The minimum absolute atomic E-state index is 0.0306. The molecule has 0 spiro atoms. The Bertz CT molecular complexity index is 1180. The highest BCUT2D eigenvalue weighted by Crippen LogP contribution is 2.38. The number of hydrogen-bond donors (Lipinski definition) is 1. The molecule has 168 valence electrons. The Morgan fingerprint density at radius 3 is 2.88 bits per heavy atom. The summed E-state index contributed by atoms with van der Waals surface area (Å²) in [5, 5.41) is 5.27. The van der Waals surface area contributed by atoms with Gasteiger partial charge < -0.3 is 15.1 Å². The third-order valence-electron chi connectivity index (χ3n) is 5.66. The van der Waals surface area contributed by atoms with Crippen LogP contribution in [0, 0.1) is 0 Å². The molecule has 0 unspecified atom stereocenters. The third kappa shape index (κ3) is 4.91. The molecule has 32 heavy (non-hydrogen) atoms. The maximum absolute atomic E-state index is 12.8. The van der Waals surface area contributed by atoms with Crippen LogP contribution in [0.15, 0.2) is 36.7 Å². The summed E-state index contributed by atoms with van der Waals surface area (Å²) in [5.41, 5.74) is 1.90. The zero-order valence-electron chi connectivity index (χ0n) is 18.2. The van der Waals surface area contributed by atoms with Crippen LogP contribution in [0.25, 0.3) is 10.2 Å². The van der Waals surface area contributed by atoms with Crippen molar-refractivity contribution < 1.29 is 4.79 Å². The van der Waals surface area contributed by atoms with E-state index in [9.17, 15) is 4.79 Å². The minimum atomic E-state index is 0.0306. The number of rotatable bonds is 6. The number of halogens is 2. The molecular weight excluding hydrogens is 465 g/mol. The molecule has 6 nitrogen and oxygen atoms in total. The van der Waals surface area contributed by atoms with Crippen LogP contribution in [0.4, 0.5) is 11.5 Å². The number of hydrogen-bond acceptors (Lipinski definition) is 6. The second-order valence-electron chi connectivity index (χ2n) is 8.11. The number of aromatic nitrogens is 2. The van der Waals surface area contributed by atoms with E-state index in [-0.39, 0.29) is 5.91 Å². The molecule has 1 amide bonds. The van der Waals surface area contributed by atoms with E-state index in [4.69, 9.17) is 23.2 Å². The molecule has 0 aliphatic carbocycles. The first-order valence-corrected chi connectivity index (χ1v) is 12.0. The van der Waals surface area contributed by atoms with Crippen LogP contribution in [0.5, 0.6) is 0 Å².